The number of anilines is 1. The van der Waals surface area contributed by atoms with E-state index in [4.69, 9.17) is 10.9 Å². The summed E-state index contributed by atoms with van der Waals surface area (Å²) in [6, 6.07) is 7.26. The number of nitrogens with one attached hydrogen (secondary N) is 2. The molecule has 2 aromatic rings. The summed E-state index contributed by atoms with van der Waals surface area (Å²) in [6.45, 7) is 0. The Bertz CT molecular complexity index is 616. The van der Waals surface area contributed by atoms with E-state index < -0.39 is 14.7 Å². The molecule has 2 rings (SSSR count). The number of aromatic amines is 1. The minimum atomic E-state index is -3.74. The smallest absolute Gasteiger partial charge is 0.241 e. The summed E-state index contributed by atoms with van der Waals surface area (Å²) < 4.78 is 20.7. The summed E-state index contributed by atoms with van der Waals surface area (Å²) >= 11 is 3.82. The van der Waals surface area contributed by atoms with Crippen LogP contribution in [0.4, 0.5) is 5.69 Å². The van der Waals surface area contributed by atoms with E-state index >= 15 is 0 Å². The normalized spacial score (nSPS) is 13.4. The third-order valence-electron chi connectivity index (χ3n) is 2.28. The van der Waals surface area contributed by atoms with Crippen LogP contribution in [0.15, 0.2) is 30.5 Å². The topological polar surface area (TPSA) is 119 Å². The van der Waals surface area contributed by atoms with Crippen LogP contribution < -0.4 is 16.3 Å². The maximum Gasteiger partial charge on any atom is 0.241 e. The molecule has 9 heteroatoms. The number of nitrogens with zero attached hydrogens (tertiary/aromatic N) is 1. The predicted octanol–water partition coefficient (Wildman–Crippen LogP) is 0.111. The highest BCUT2D eigenvalue weighted by Gasteiger charge is 2.17. The number of primary sulfonamides is 1. The molecule has 0 aliphatic rings. The van der Waals surface area contributed by atoms with Crippen molar-refractivity contribution in [2.24, 2.45) is 5.14 Å². The van der Waals surface area contributed by atoms with Gasteiger partial charge in [-0.1, -0.05) is 12.1 Å². The first-order valence-corrected chi connectivity index (χ1v) is 7.08. The molecule has 1 aromatic heterocycles. The molecule has 98 valence electrons. The molecule has 0 spiro atoms. The number of thiol groups is 1. The Morgan fingerprint density at radius 2 is 1.89 bits per heavy atom. The Morgan fingerprint density at radius 1 is 1.33 bits per heavy atom. The lowest BCUT2D eigenvalue weighted by Gasteiger charge is -2.20. The number of nitrogen functional groups attached to an aromatic ring is 1. The summed E-state index contributed by atoms with van der Waals surface area (Å²) in [5.74, 6) is 0. The summed E-state index contributed by atoms with van der Waals surface area (Å²) in [7, 11) is -3.74. The van der Waals surface area contributed by atoms with E-state index in [1.807, 2.05) is 12.1 Å². The fourth-order valence-electron chi connectivity index (χ4n) is 1.32. The van der Waals surface area contributed by atoms with E-state index in [0.717, 1.165) is 11.3 Å². The second kappa shape index (κ2) is 4.59. The number of hydrogen-bond acceptors (Lipinski definition) is 5. The van der Waals surface area contributed by atoms with Crippen molar-refractivity contribution in [3.63, 3.8) is 0 Å². The number of rotatable bonds is 4. The van der Waals surface area contributed by atoms with Gasteiger partial charge >= 0.3 is 0 Å². The van der Waals surface area contributed by atoms with Crippen molar-refractivity contribution < 1.29 is 8.42 Å². The van der Waals surface area contributed by atoms with E-state index in [1.165, 1.54) is 4.79 Å². The molecule has 0 saturated carbocycles. The Hall–Kier alpha value is -1.58. The number of nitrogens with two attached hydrogens (primary N) is 2. The van der Waals surface area contributed by atoms with Crippen LogP contribution in [0.3, 0.4) is 0 Å². The molecule has 1 atom stereocenters. The maximum absolute atomic E-state index is 10.9. The van der Waals surface area contributed by atoms with Crippen LogP contribution in [0.1, 0.15) is 0 Å². The summed E-state index contributed by atoms with van der Waals surface area (Å²) in [6.07, 6.45) is 1.68. The second-order valence-corrected chi connectivity index (χ2v) is 6.23. The Balaban J connectivity index is 2.05. The van der Waals surface area contributed by atoms with Gasteiger partial charge in [-0.15, -0.1) is 12.6 Å². The molecule has 0 radical (unpaired) electrons. The molecule has 0 bridgehead atoms. The van der Waals surface area contributed by atoms with Gasteiger partial charge < -0.3 is 5.73 Å². The Labute approximate surface area is 110 Å². The van der Waals surface area contributed by atoms with E-state index in [2.05, 4.69) is 23.2 Å². The fraction of sp³-hybridized carbons (Fsp3) is 0.111. The molecule has 0 amide bonds. The van der Waals surface area contributed by atoms with Crippen LogP contribution in [-0.4, -0.2) is 23.0 Å². The highest BCUT2D eigenvalue weighted by atomic mass is 32.3. The monoisotopic (exact) mass is 287 g/mol. The van der Waals surface area contributed by atoms with Crippen LogP contribution in [0.2, 0.25) is 0 Å². The molecule has 1 unspecified atom stereocenters. The minimum Gasteiger partial charge on any atom is -0.399 e. The van der Waals surface area contributed by atoms with Crippen molar-refractivity contribution in [2.75, 3.05) is 11.2 Å². The number of aromatic nitrogens is 2. The van der Waals surface area contributed by atoms with Gasteiger partial charge in [-0.2, -0.15) is 0 Å². The van der Waals surface area contributed by atoms with Gasteiger partial charge in [0.15, 0.2) is 0 Å². The minimum absolute atomic E-state index is 0.679. The molecule has 0 aliphatic heterocycles. The highest BCUT2D eigenvalue weighted by molar-refractivity contribution is 8.03. The molecular formula is C9H13N5O2S2. The molecule has 18 heavy (non-hydrogen) atoms. The van der Waals surface area contributed by atoms with E-state index in [9.17, 15) is 8.42 Å². The van der Waals surface area contributed by atoms with Crippen molar-refractivity contribution >= 4 is 28.3 Å². The maximum atomic E-state index is 10.9. The number of hydrogen-bond donors (Lipinski definition) is 5. The lowest BCUT2D eigenvalue weighted by molar-refractivity contribution is 0.589. The molecular weight excluding hydrogens is 274 g/mol. The van der Waals surface area contributed by atoms with Gasteiger partial charge in [-0.25, -0.2) is 18.3 Å². The summed E-state index contributed by atoms with van der Waals surface area (Å²) in [4.78, 5) is 1.37. The molecule has 6 N–H and O–H groups in total. The van der Waals surface area contributed by atoms with Gasteiger partial charge in [0, 0.05) is 11.3 Å². The van der Waals surface area contributed by atoms with E-state index in [-0.39, 0.29) is 0 Å². The molecule has 0 aliphatic carbocycles. The van der Waals surface area contributed by atoms with E-state index in [0.29, 0.717) is 5.69 Å². The quantitative estimate of drug-likeness (QED) is 0.311. The standard InChI is InChI=1S/C9H13N5O2S2/c10-7-3-1-6(2-4-7)8-5-14(12-8)13-9(17)18(11,15)16/h1-5,9,12-13,17H,10H2,(H2,11,15,16). The largest absolute Gasteiger partial charge is 0.399 e. The third-order valence-corrected chi connectivity index (χ3v) is 4.01. The number of benzene rings is 1. The molecule has 1 heterocycles. The third kappa shape index (κ3) is 2.81. The van der Waals surface area contributed by atoms with Crippen molar-refractivity contribution in [1.82, 2.24) is 9.89 Å². The number of sulfonamides is 1. The first-order valence-electron chi connectivity index (χ1n) is 4.96. The van der Waals surface area contributed by atoms with Crippen LogP contribution in [0, 0.1) is 0 Å². The van der Waals surface area contributed by atoms with Crippen molar-refractivity contribution in [1.29, 1.82) is 0 Å². The van der Waals surface area contributed by atoms with Gasteiger partial charge in [0.05, 0.1) is 11.9 Å². The lowest BCUT2D eigenvalue weighted by Crippen LogP contribution is -2.37. The lowest BCUT2D eigenvalue weighted by atomic mass is 10.1. The average molecular weight is 287 g/mol. The average Bonchev–Trinajstić information content (AvgIpc) is 2.23. The number of H-pyrrole nitrogens is 1. The van der Waals surface area contributed by atoms with Gasteiger partial charge in [0.2, 0.25) is 14.7 Å². The Kier molecular flexibility index (Phi) is 3.28. The van der Waals surface area contributed by atoms with Gasteiger partial charge in [-0.05, 0) is 12.1 Å². The molecule has 1 aromatic carbocycles. The van der Waals surface area contributed by atoms with Gasteiger partial charge in [-0.3, -0.25) is 10.5 Å². The van der Waals surface area contributed by atoms with Crippen molar-refractivity contribution in [3.8, 4) is 11.3 Å². The first kappa shape index (κ1) is 12.9. The summed E-state index contributed by atoms with van der Waals surface area (Å²) in [5.41, 5.74) is 10.6. The molecule has 0 saturated heterocycles. The Morgan fingerprint density at radius 3 is 2.39 bits per heavy atom. The van der Waals surface area contributed by atoms with Gasteiger partial charge in [0.1, 0.15) is 0 Å². The second-order valence-electron chi connectivity index (χ2n) is 3.72. The summed E-state index contributed by atoms with van der Waals surface area (Å²) in [5, 5.41) is 7.81. The van der Waals surface area contributed by atoms with Crippen LogP contribution in [-0.2, 0) is 10.0 Å². The van der Waals surface area contributed by atoms with Crippen molar-refractivity contribution in [2.45, 2.75) is 4.71 Å². The zero-order chi connectivity index (χ0) is 13.3. The van der Waals surface area contributed by atoms with Crippen LogP contribution >= 0.6 is 12.6 Å². The SMILES string of the molecule is Nc1ccc(-c2cn(NC(S)S(N)(=O)=O)[nH]2)cc1. The van der Waals surface area contributed by atoms with E-state index in [1.54, 1.807) is 18.3 Å². The fourth-order valence-corrected chi connectivity index (χ4v) is 1.70. The molecule has 7 nitrogen and oxygen atoms in total. The van der Waals surface area contributed by atoms with Crippen molar-refractivity contribution in [3.05, 3.63) is 30.5 Å². The molecule has 0 fully saturated rings. The zero-order valence-corrected chi connectivity index (χ0v) is 10.9. The zero-order valence-electron chi connectivity index (χ0n) is 9.24. The van der Waals surface area contributed by atoms with Crippen LogP contribution in [0.5, 0.6) is 0 Å². The van der Waals surface area contributed by atoms with Crippen LogP contribution in [0.25, 0.3) is 11.3 Å². The first-order chi connectivity index (χ1) is 8.36. The van der Waals surface area contributed by atoms with Gasteiger partial charge in [0.25, 0.3) is 0 Å². The highest BCUT2D eigenvalue weighted by Crippen LogP contribution is 2.19. The predicted molar refractivity (Wildman–Crippen MR) is 73.9 cm³/mol.